The van der Waals surface area contributed by atoms with Gasteiger partial charge in [0.05, 0.1) is 6.61 Å². The summed E-state index contributed by atoms with van der Waals surface area (Å²) >= 11 is 0. The molecule has 8 atom stereocenters. The summed E-state index contributed by atoms with van der Waals surface area (Å²) in [5, 5.41) is 50.1. The van der Waals surface area contributed by atoms with Crippen LogP contribution in [0.4, 0.5) is 0 Å². The smallest absolute Gasteiger partial charge is 0.462 e. The molecule has 1 fully saturated rings. The Hall–Kier alpha value is -2.19. The highest BCUT2D eigenvalue weighted by atomic mass is 31.2. The van der Waals surface area contributed by atoms with E-state index in [-0.39, 0.29) is 12.8 Å². The molecular weight excluding hydrogens is 803 g/mol. The van der Waals surface area contributed by atoms with Gasteiger partial charge in [0.25, 0.3) is 0 Å². The van der Waals surface area contributed by atoms with Gasteiger partial charge in [-0.25, -0.2) is 4.57 Å². The van der Waals surface area contributed by atoms with Crippen molar-refractivity contribution in [1.82, 2.24) is 0 Å². The molecule has 0 radical (unpaired) electrons. The Kier molecular flexibility index (Phi) is 34.7. The summed E-state index contributed by atoms with van der Waals surface area (Å²) in [6, 6.07) is 0. The third-order valence-corrected chi connectivity index (χ3v) is 11.7. The van der Waals surface area contributed by atoms with E-state index >= 15 is 0 Å². The predicted octanol–water partition coefficient (Wildman–Crippen LogP) is 9.17. The van der Waals surface area contributed by atoms with Gasteiger partial charge in [0.15, 0.2) is 6.10 Å². The lowest BCUT2D eigenvalue weighted by molar-refractivity contribution is -0.220. The molecule has 61 heavy (non-hydrogen) atoms. The molecule has 0 heterocycles. The Labute approximate surface area is 367 Å². The minimum absolute atomic E-state index is 0.0260. The second kappa shape index (κ2) is 37.2. The first kappa shape index (κ1) is 56.8. The monoisotopic (exact) mass is 887 g/mol. The second-order valence-electron chi connectivity index (χ2n) is 16.3. The summed E-state index contributed by atoms with van der Waals surface area (Å²) in [5.41, 5.74) is 0. The molecule has 14 heteroatoms. The van der Waals surface area contributed by atoms with E-state index < -0.39 is 75.7 Å². The van der Waals surface area contributed by atoms with Gasteiger partial charge in [-0.2, -0.15) is 0 Å². The number of unbranched alkanes of at least 4 members (excludes halogenated alkanes) is 18. The summed E-state index contributed by atoms with van der Waals surface area (Å²) in [7, 11) is -5.14. The first-order valence-electron chi connectivity index (χ1n) is 23.4. The van der Waals surface area contributed by atoms with Gasteiger partial charge in [-0.3, -0.25) is 18.6 Å². The predicted molar refractivity (Wildman–Crippen MR) is 239 cm³/mol. The normalized spacial score (nSPS) is 22.4. The summed E-state index contributed by atoms with van der Waals surface area (Å²) in [6.45, 7) is 3.21. The van der Waals surface area contributed by atoms with E-state index in [0.29, 0.717) is 19.3 Å². The van der Waals surface area contributed by atoms with Crippen LogP contribution in [-0.2, 0) is 32.7 Å². The number of hydrogen-bond donors (Lipinski definition) is 6. The SMILES string of the molecule is CCCCCCCCC/C=C\C/C=C\C/C=C\CCC(=O)OC(COC(=O)CC/C=C\CCCCCCCCCCCCC)COP(=O)(O)OC1[C@H](O)[C@H](O)C(O)[C@H](O)[C@H]1O. The molecule has 4 unspecified atom stereocenters. The maximum atomic E-state index is 12.8. The van der Waals surface area contributed by atoms with Gasteiger partial charge in [-0.05, 0) is 51.4 Å². The molecule has 1 saturated carbocycles. The Morgan fingerprint density at radius 1 is 0.508 bits per heavy atom. The van der Waals surface area contributed by atoms with Crippen LogP contribution in [0.25, 0.3) is 0 Å². The molecule has 354 valence electrons. The summed E-state index contributed by atoms with van der Waals surface area (Å²) in [5.74, 6) is -1.24. The van der Waals surface area contributed by atoms with Gasteiger partial charge in [-0.15, -0.1) is 0 Å². The second-order valence-corrected chi connectivity index (χ2v) is 17.7. The molecule has 0 aromatic rings. The third kappa shape index (κ3) is 29.7. The fourth-order valence-corrected chi connectivity index (χ4v) is 7.84. The van der Waals surface area contributed by atoms with E-state index in [2.05, 4.69) is 38.2 Å². The first-order chi connectivity index (χ1) is 29.4. The molecule has 0 aromatic carbocycles. The number of phosphoric acid groups is 1. The number of allylic oxidation sites excluding steroid dienone is 8. The highest BCUT2D eigenvalue weighted by Gasteiger charge is 2.51. The van der Waals surface area contributed by atoms with Crippen molar-refractivity contribution in [2.45, 2.75) is 224 Å². The van der Waals surface area contributed by atoms with Crippen molar-refractivity contribution >= 4 is 19.8 Å². The minimum atomic E-state index is -5.14. The average Bonchev–Trinajstić information content (AvgIpc) is 3.24. The van der Waals surface area contributed by atoms with E-state index in [0.717, 1.165) is 25.7 Å². The molecule has 0 aliphatic heterocycles. The van der Waals surface area contributed by atoms with Crippen LogP contribution in [0.3, 0.4) is 0 Å². The highest BCUT2D eigenvalue weighted by Crippen LogP contribution is 2.47. The van der Waals surface area contributed by atoms with Crippen LogP contribution < -0.4 is 0 Å². The summed E-state index contributed by atoms with van der Waals surface area (Å²) in [6.07, 6.45) is 30.5. The number of hydrogen-bond acceptors (Lipinski definition) is 12. The number of carbonyl (C=O) groups is 2. The number of carbonyl (C=O) groups excluding carboxylic acids is 2. The zero-order valence-corrected chi connectivity index (χ0v) is 38.3. The fraction of sp³-hybridized carbons (Fsp3) is 0.787. The van der Waals surface area contributed by atoms with E-state index in [4.69, 9.17) is 18.5 Å². The molecule has 0 spiro atoms. The van der Waals surface area contributed by atoms with Crippen molar-refractivity contribution in [2.75, 3.05) is 13.2 Å². The van der Waals surface area contributed by atoms with Gasteiger partial charge >= 0.3 is 19.8 Å². The quantitative estimate of drug-likeness (QED) is 0.0148. The Morgan fingerprint density at radius 3 is 1.38 bits per heavy atom. The molecular formula is C47H83O13P. The lowest BCUT2D eigenvalue weighted by Crippen LogP contribution is -2.64. The van der Waals surface area contributed by atoms with E-state index in [1.54, 1.807) is 0 Å². The molecule has 6 N–H and O–H groups in total. The third-order valence-electron chi connectivity index (χ3n) is 10.7. The molecule has 0 aromatic heterocycles. The number of ether oxygens (including phenoxy) is 2. The molecule has 1 aliphatic rings. The van der Waals surface area contributed by atoms with Crippen LogP contribution in [-0.4, -0.2) is 98.3 Å². The molecule has 1 aliphatic carbocycles. The Bertz CT molecular complexity index is 1250. The van der Waals surface area contributed by atoms with Gasteiger partial charge in [0, 0.05) is 12.8 Å². The van der Waals surface area contributed by atoms with Crippen molar-refractivity contribution < 1.29 is 63.1 Å². The summed E-state index contributed by atoms with van der Waals surface area (Å²) < 4.78 is 33.4. The highest BCUT2D eigenvalue weighted by molar-refractivity contribution is 7.47. The lowest BCUT2D eigenvalue weighted by atomic mass is 9.85. The molecule has 1 rings (SSSR count). The minimum Gasteiger partial charge on any atom is -0.462 e. The zero-order chi connectivity index (χ0) is 45.0. The van der Waals surface area contributed by atoms with Crippen LogP contribution in [0.15, 0.2) is 48.6 Å². The Morgan fingerprint density at radius 2 is 0.885 bits per heavy atom. The largest absolute Gasteiger partial charge is 0.472 e. The standard InChI is InChI=1S/C47H83O13P/c1-3-5-7-9-11-13-15-17-19-20-22-24-26-28-30-32-34-36-41(49)59-39(38-58-61(55,56)60-47-45(53)43(51)42(50)44(52)46(47)54)37-57-40(48)35-33-31-29-27-25-23-21-18-16-14-12-10-8-6-4-2/h19-20,24,26,29-32,39,42-47,50-54H,3-18,21-23,25,27-28,33-38H2,1-2H3,(H,55,56)/b20-19-,26-24-,31-29-,32-30-/t39?,42?,43-,44+,45-,46-,47?/m1/s1. The molecule has 0 bridgehead atoms. The molecule has 0 saturated heterocycles. The maximum Gasteiger partial charge on any atom is 0.472 e. The fourth-order valence-electron chi connectivity index (χ4n) is 6.86. The van der Waals surface area contributed by atoms with E-state index in [1.807, 2.05) is 24.3 Å². The van der Waals surface area contributed by atoms with Crippen molar-refractivity contribution in [3.8, 4) is 0 Å². The van der Waals surface area contributed by atoms with Crippen LogP contribution in [0.5, 0.6) is 0 Å². The van der Waals surface area contributed by atoms with E-state index in [9.17, 15) is 44.6 Å². The first-order valence-corrected chi connectivity index (χ1v) is 24.9. The zero-order valence-electron chi connectivity index (χ0n) is 37.4. The van der Waals surface area contributed by atoms with Crippen LogP contribution in [0, 0.1) is 0 Å². The van der Waals surface area contributed by atoms with Crippen molar-refractivity contribution in [3.63, 3.8) is 0 Å². The Balaban J connectivity index is 2.53. The number of esters is 2. The van der Waals surface area contributed by atoms with Gasteiger partial charge in [0.2, 0.25) is 0 Å². The van der Waals surface area contributed by atoms with Crippen molar-refractivity contribution in [1.29, 1.82) is 0 Å². The van der Waals surface area contributed by atoms with Crippen LogP contribution >= 0.6 is 7.82 Å². The van der Waals surface area contributed by atoms with Crippen LogP contribution in [0.1, 0.15) is 181 Å². The number of rotatable bonds is 38. The van der Waals surface area contributed by atoms with Crippen molar-refractivity contribution in [3.05, 3.63) is 48.6 Å². The maximum absolute atomic E-state index is 12.8. The lowest BCUT2D eigenvalue weighted by Gasteiger charge is -2.41. The topological polar surface area (TPSA) is 210 Å². The summed E-state index contributed by atoms with van der Waals surface area (Å²) in [4.78, 5) is 35.6. The average molecular weight is 887 g/mol. The number of aliphatic hydroxyl groups excluding tert-OH is 5. The molecule has 13 nitrogen and oxygen atoms in total. The van der Waals surface area contributed by atoms with Gasteiger partial charge in [0.1, 0.15) is 43.2 Å². The van der Waals surface area contributed by atoms with E-state index in [1.165, 1.54) is 109 Å². The van der Waals surface area contributed by atoms with Gasteiger partial charge < -0.3 is 39.9 Å². The number of phosphoric ester groups is 1. The number of aliphatic hydroxyl groups is 5. The molecule has 0 amide bonds. The van der Waals surface area contributed by atoms with Crippen molar-refractivity contribution in [2.24, 2.45) is 0 Å². The van der Waals surface area contributed by atoms with Crippen LogP contribution in [0.2, 0.25) is 0 Å². The van der Waals surface area contributed by atoms with Gasteiger partial charge in [-0.1, -0.05) is 165 Å².